The molecule has 7 nitrogen and oxygen atoms in total. The third-order valence-corrected chi connectivity index (χ3v) is 5.99. The molecule has 9 heteroatoms. The number of hydrogen-bond acceptors (Lipinski definition) is 6. The number of aromatic nitrogens is 2. The number of nitrogens with zero attached hydrogens (tertiary/aromatic N) is 4. The number of fused-ring (bicyclic) bond motifs is 1. The third-order valence-electron chi connectivity index (χ3n) is 4.95. The lowest BCUT2D eigenvalue weighted by atomic mass is 10.2. The first-order chi connectivity index (χ1) is 14.6. The summed E-state index contributed by atoms with van der Waals surface area (Å²) in [7, 11) is 0. The van der Waals surface area contributed by atoms with E-state index in [9.17, 15) is 14.0 Å². The monoisotopic (exact) mass is 427 g/mol. The topological polar surface area (TPSA) is 78.4 Å². The maximum atomic E-state index is 13.2. The lowest BCUT2D eigenvalue weighted by molar-refractivity contribution is -0.132. The van der Waals surface area contributed by atoms with E-state index < -0.39 is 5.82 Å². The molecule has 156 valence electrons. The van der Waals surface area contributed by atoms with E-state index in [0.717, 1.165) is 28.4 Å². The highest BCUT2D eigenvalue weighted by molar-refractivity contribution is 7.21. The average Bonchev–Trinajstić information content (AvgIpc) is 3.01. The van der Waals surface area contributed by atoms with Crippen molar-refractivity contribution in [1.29, 1.82) is 0 Å². The molecule has 0 aliphatic carbocycles. The summed E-state index contributed by atoms with van der Waals surface area (Å²) in [4.78, 5) is 38.6. The smallest absolute Gasteiger partial charge is 0.224 e. The van der Waals surface area contributed by atoms with E-state index in [1.54, 1.807) is 28.5 Å². The van der Waals surface area contributed by atoms with Gasteiger partial charge in [-0.05, 0) is 36.8 Å². The molecule has 1 fully saturated rings. The van der Waals surface area contributed by atoms with Gasteiger partial charge in [0.25, 0.3) is 0 Å². The Balaban J connectivity index is 1.28. The number of carbonyl (C=O) groups is 2. The fourth-order valence-electron chi connectivity index (χ4n) is 3.42. The van der Waals surface area contributed by atoms with Gasteiger partial charge in [0.1, 0.15) is 16.2 Å². The van der Waals surface area contributed by atoms with Gasteiger partial charge in [0.15, 0.2) is 5.13 Å². The van der Waals surface area contributed by atoms with Gasteiger partial charge in [0.2, 0.25) is 11.8 Å². The van der Waals surface area contributed by atoms with Gasteiger partial charge < -0.3 is 15.1 Å². The van der Waals surface area contributed by atoms with Crippen molar-refractivity contribution < 1.29 is 14.0 Å². The van der Waals surface area contributed by atoms with Crippen LogP contribution >= 0.6 is 11.3 Å². The number of thiazole rings is 1. The number of nitrogens with one attached hydrogen (secondary N) is 1. The summed E-state index contributed by atoms with van der Waals surface area (Å²) in [6.45, 7) is 2.77. The molecule has 0 radical (unpaired) electrons. The minimum atomic E-state index is -0.415. The predicted molar refractivity (Wildman–Crippen MR) is 115 cm³/mol. The van der Waals surface area contributed by atoms with Crippen LogP contribution in [0, 0.1) is 5.82 Å². The number of amides is 2. The van der Waals surface area contributed by atoms with Crippen LogP contribution in [0.3, 0.4) is 0 Å². The molecule has 1 aliphatic rings. The molecule has 0 saturated carbocycles. The Morgan fingerprint density at radius 1 is 1.10 bits per heavy atom. The Labute approximate surface area is 177 Å². The van der Waals surface area contributed by atoms with Crippen molar-refractivity contribution in [3.63, 3.8) is 0 Å². The van der Waals surface area contributed by atoms with E-state index >= 15 is 0 Å². The van der Waals surface area contributed by atoms with Crippen molar-refractivity contribution in [3.8, 4) is 0 Å². The number of rotatable bonds is 5. The molecule has 0 spiro atoms. The number of hydrogen-bond donors (Lipinski definition) is 1. The zero-order valence-electron chi connectivity index (χ0n) is 16.4. The summed E-state index contributed by atoms with van der Waals surface area (Å²) in [5.41, 5.74) is 1.28. The Hall–Kier alpha value is -3.07. The fraction of sp³-hybridized carbons (Fsp3) is 0.333. The average molecular weight is 428 g/mol. The first-order valence-electron chi connectivity index (χ1n) is 9.88. The van der Waals surface area contributed by atoms with Gasteiger partial charge >= 0.3 is 0 Å². The van der Waals surface area contributed by atoms with Crippen molar-refractivity contribution in [2.24, 2.45) is 0 Å². The van der Waals surface area contributed by atoms with Gasteiger partial charge in [-0.3, -0.25) is 9.59 Å². The molecule has 3 aromatic rings. The molecule has 2 aromatic heterocycles. The van der Waals surface area contributed by atoms with Crippen LogP contribution < -0.4 is 10.2 Å². The lowest BCUT2D eigenvalue weighted by Gasteiger charge is -2.21. The Bertz CT molecular complexity index is 1020. The highest BCUT2D eigenvalue weighted by atomic mass is 32.1. The molecule has 0 bridgehead atoms. The van der Waals surface area contributed by atoms with E-state index in [2.05, 4.69) is 20.2 Å². The molecular formula is C21H22FN5O2S. The summed E-state index contributed by atoms with van der Waals surface area (Å²) in [6, 6.07) is 9.53. The van der Waals surface area contributed by atoms with Crippen molar-refractivity contribution >= 4 is 44.3 Å². The summed E-state index contributed by atoms with van der Waals surface area (Å²) in [6.07, 6.45) is 2.80. The quantitative estimate of drug-likeness (QED) is 0.676. The molecule has 1 aromatic carbocycles. The van der Waals surface area contributed by atoms with Gasteiger partial charge in [-0.15, -0.1) is 0 Å². The van der Waals surface area contributed by atoms with Crippen LogP contribution in [0.4, 0.5) is 15.2 Å². The van der Waals surface area contributed by atoms with E-state index in [1.165, 1.54) is 18.2 Å². The zero-order valence-corrected chi connectivity index (χ0v) is 17.2. The summed E-state index contributed by atoms with van der Waals surface area (Å²) >= 11 is 1.56. The zero-order chi connectivity index (χ0) is 20.9. The van der Waals surface area contributed by atoms with E-state index in [1.807, 2.05) is 12.1 Å². The van der Waals surface area contributed by atoms with Gasteiger partial charge in [-0.1, -0.05) is 17.4 Å². The Morgan fingerprint density at radius 3 is 2.83 bits per heavy atom. The highest BCUT2D eigenvalue weighted by Crippen LogP contribution is 2.27. The maximum absolute atomic E-state index is 13.2. The third kappa shape index (κ3) is 4.91. The van der Waals surface area contributed by atoms with Crippen LogP contribution in [0.5, 0.6) is 0 Å². The Morgan fingerprint density at radius 2 is 2.00 bits per heavy atom. The molecule has 1 saturated heterocycles. The van der Waals surface area contributed by atoms with Crippen LogP contribution in [0.1, 0.15) is 19.3 Å². The Kier molecular flexibility index (Phi) is 6.18. The summed E-state index contributed by atoms with van der Waals surface area (Å²) in [5.74, 6) is -0.758. The fourth-order valence-corrected chi connectivity index (χ4v) is 4.38. The first-order valence-corrected chi connectivity index (χ1v) is 10.7. The number of halogens is 1. The molecule has 0 atom stereocenters. The molecule has 1 aliphatic heterocycles. The molecule has 1 N–H and O–H groups in total. The number of pyridine rings is 1. The second-order valence-corrected chi connectivity index (χ2v) is 8.06. The van der Waals surface area contributed by atoms with Gasteiger partial charge in [0, 0.05) is 50.9 Å². The molecule has 0 unspecified atom stereocenters. The lowest BCUT2D eigenvalue weighted by Crippen LogP contribution is -2.35. The molecule has 2 amide bonds. The highest BCUT2D eigenvalue weighted by Gasteiger charge is 2.21. The van der Waals surface area contributed by atoms with Crippen LogP contribution in [0.15, 0.2) is 42.6 Å². The van der Waals surface area contributed by atoms with Crippen molar-refractivity contribution in [2.75, 3.05) is 36.4 Å². The van der Waals surface area contributed by atoms with Crippen LogP contribution in [0.25, 0.3) is 10.3 Å². The summed E-state index contributed by atoms with van der Waals surface area (Å²) in [5, 5.41) is 3.55. The van der Waals surface area contributed by atoms with E-state index in [0.29, 0.717) is 25.3 Å². The van der Waals surface area contributed by atoms with Gasteiger partial charge in [-0.25, -0.2) is 14.4 Å². The largest absolute Gasteiger partial charge is 0.346 e. The predicted octanol–water partition coefficient (Wildman–Crippen LogP) is 3.29. The standard InChI is InChI=1S/C21H22FN5O2S/c22-15-4-1-5-16(14-15)24-18(28)7-8-19(29)26-10-3-11-27(13-12-26)21-25-17-6-2-9-23-20(17)30-21/h1-2,4-6,9,14H,3,7-8,10-13H2,(H,24,28). The molecule has 3 heterocycles. The second kappa shape index (κ2) is 9.17. The van der Waals surface area contributed by atoms with Crippen molar-refractivity contribution in [1.82, 2.24) is 14.9 Å². The minimum absolute atomic E-state index is 0.0443. The van der Waals surface area contributed by atoms with Gasteiger partial charge in [0.05, 0.1) is 0 Å². The number of carbonyl (C=O) groups excluding carboxylic acids is 2. The van der Waals surface area contributed by atoms with Crippen LogP contribution in [0.2, 0.25) is 0 Å². The van der Waals surface area contributed by atoms with E-state index in [-0.39, 0.29) is 24.7 Å². The van der Waals surface area contributed by atoms with Crippen LogP contribution in [-0.4, -0.2) is 52.9 Å². The van der Waals surface area contributed by atoms with Crippen molar-refractivity contribution in [3.05, 3.63) is 48.4 Å². The SMILES string of the molecule is O=C(CCC(=O)N1CCCN(c2nc3cccnc3s2)CC1)Nc1cccc(F)c1. The molecule has 30 heavy (non-hydrogen) atoms. The molecule has 4 rings (SSSR count). The molecular weight excluding hydrogens is 405 g/mol. The number of benzene rings is 1. The van der Waals surface area contributed by atoms with Crippen molar-refractivity contribution in [2.45, 2.75) is 19.3 Å². The van der Waals surface area contributed by atoms with Gasteiger partial charge in [-0.2, -0.15) is 0 Å². The normalized spacial score (nSPS) is 14.6. The summed E-state index contributed by atoms with van der Waals surface area (Å²) < 4.78 is 13.2. The number of anilines is 2. The second-order valence-electron chi connectivity index (χ2n) is 7.10. The maximum Gasteiger partial charge on any atom is 0.224 e. The van der Waals surface area contributed by atoms with E-state index in [4.69, 9.17) is 0 Å². The first kappa shape index (κ1) is 20.2. The minimum Gasteiger partial charge on any atom is -0.346 e. The van der Waals surface area contributed by atoms with Crippen LogP contribution in [-0.2, 0) is 9.59 Å².